The second-order valence-electron chi connectivity index (χ2n) is 5.89. The van der Waals surface area contributed by atoms with Crippen molar-refractivity contribution in [2.24, 2.45) is 11.8 Å². The van der Waals surface area contributed by atoms with Crippen molar-refractivity contribution >= 4 is 21.4 Å². The quantitative estimate of drug-likeness (QED) is 0.906. The van der Waals surface area contributed by atoms with Gasteiger partial charge in [0, 0.05) is 19.1 Å². The number of thiophene rings is 1. The molecule has 3 saturated heterocycles. The van der Waals surface area contributed by atoms with E-state index in [1.165, 1.54) is 24.2 Å². The van der Waals surface area contributed by atoms with Crippen LogP contribution in [0.5, 0.6) is 0 Å². The monoisotopic (exact) mass is 314 g/mol. The van der Waals surface area contributed by atoms with E-state index in [0.717, 1.165) is 31.3 Å². The molecule has 1 aromatic heterocycles. The molecule has 4 rings (SSSR count). The van der Waals surface area contributed by atoms with Crippen LogP contribution in [0.15, 0.2) is 21.7 Å². The molecular weight excluding hydrogens is 292 g/mol. The van der Waals surface area contributed by atoms with Crippen LogP contribution in [0.3, 0.4) is 0 Å². The molecule has 2 bridgehead atoms. The molecule has 3 aliphatic rings. The maximum Gasteiger partial charge on any atom is 0.250 e. The van der Waals surface area contributed by atoms with E-state index in [1.807, 2.05) is 0 Å². The zero-order valence-corrected chi connectivity index (χ0v) is 13.4. The van der Waals surface area contributed by atoms with Crippen molar-refractivity contribution < 1.29 is 8.42 Å². The first kappa shape index (κ1) is 14.5. The molecule has 0 amide bonds. The molecule has 20 heavy (non-hydrogen) atoms. The van der Waals surface area contributed by atoms with E-state index in [1.54, 1.807) is 17.5 Å². The first-order valence-electron chi connectivity index (χ1n) is 7.37. The van der Waals surface area contributed by atoms with Gasteiger partial charge in [-0.15, -0.1) is 11.3 Å². The van der Waals surface area contributed by atoms with Crippen molar-refractivity contribution in [1.29, 1.82) is 0 Å². The van der Waals surface area contributed by atoms with Crippen LogP contribution in [0.25, 0.3) is 0 Å². The van der Waals surface area contributed by atoms with Crippen molar-refractivity contribution in [3.8, 4) is 0 Å². The number of nitrogens with zero attached hydrogens (tertiary/aromatic N) is 1. The minimum absolute atomic E-state index is 0.381. The first-order valence-corrected chi connectivity index (χ1v) is 9.73. The third-order valence-corrected chi connectivity index (χ3v) is 7.63. The fraction of sp³-hybridized carbons (Fsp3) is 0.714. The van der Waals surface area contributed by atoms with Gasteiger partial charge in [-0.2, -0.15) is 0 Å². The Morgan fingerprint density at radius 2 is 2.35 bits per heavy atom. The molecule has 1 N–H and O–H groups in total. The predicted molar refractivity (Wildman–Crippen MR) is 81.4 cm³/mol. The molecule has 0 spiro atoms. The van der Waals surface area contributed by atoms with E-state index in [4.69, 9.17) is 0 Å². The molecule has 3 aliphatic heterocycles. The molecule has 0 aliphatic carbocycles. The Balaban J connectivity index is 1.60. The Kier molecular flexibility index (Phi) is 4.17. The van der Waals surface area contributed by atoms with Crippen molar-refractivity contribution in [3.63, 3.8) is 0 Å². The summed E-state index contributed by atoms with van der Waals surface area (Å²) >= 11 is 1.27. The highest BCUT2D eigenvalue weighted by atomic mass is 32.2. The van der Waals surface area contributed by atoms with E-state index in [2.05, 4.69) is 16.5 Å². The topological polar surface area (TPSA) is 49.4 Å². The maximum absolute atomic E-state index is 12.1. The third-order valence-electron chi connectivity index (χ3n) is 4.81. The molecule has 4 heterocycles. The standard InChI is InChI=1S/C14H22N2O2S2/c1-2-11-10-16-6-5-12(11)8-13(16)9-15-20(17,18)14-4-3-7-19-14/h3-4,7,11-13,15H,2,5-6,8-10H2,1H3/t11-,12+,13-/m1/s1. The van der Waals surface area contributed by atoms with E-state index in [0.29, 0.717) is 16.8 Å². The molecule has 0 saturated carbocycles. The Morgan fingerprint density at radius 1 is 1.50 bits per heavy atom. The first-order chi connectivity index (χ1) is 9.60. The Hall–Kier alpha value is -0.430. The van der Waals surface area contributed by atoms with Gasteiger partial charge in [-0.05, 0) is 42.7 Å². The van der Waals surface area contributed by atoms with Gasteiger partial charge < -0.3 is 0 Å². The lowest BCUT2D eigenvalue weighted by Gasteiger charge is -2.49. The number of hydrogen-bond donors (Lipinski definition) is 1. The third kappa shape index (κ3) is 2.79. The number of piperidine rings is 3. The zero-order chi connectivity index (χ0) is 14.2. The lowest BCUT2D eigenvalue weighted by molar-refractivity contribution is 0.00237. The molecular formula is C14H22N2O2S2. The Bertz CT molecular complexity index is 542. The van der Waals surface area contributed by atoms with Crippen LogP contribution in [-0.4, -0.2) is 39.0 Å². The van der Waals surface area contributed by atoms with Gasteiger partial charge in [0.15, 0.2) is 0 Å². The molecule has 112 valence electrons. The number of hydrogen-bond acceptors (Lipinski definition) is 4. The van der Waals surface area contributed by atoms with Crippen LogP contribution in [0.2, 0.25) is 0 Å². The van der Waals surface area contributed by atoms with Gasteiger partial charge >= 0.3 is 0 Å². The smallest absolute Gasteiger partial charge is 0.250 e. The average Bonchev–Trinajstić information content (AvgIpc) is 3.01. The summed E-state index contributed by atoms with van der Waals surface area (Å²) in [6.07, 6.45) is 3.67. The lowest BCUT2D eigenvalue weighted by Crippen LogP contribution is -2.56. The van der Waals surface area contributed by atoms with Gasteiger partial charge in [0.2, 0.25) is 10.0 Å². The molecule has 1 aromatic rings. The number of rotatable bonds is 5. The van der Waals surface area contributed by atoms with Gasteiger partial charge in [0.05, 0.1) is 0 Å². The fourth-order valence-corrected chi connectivity index (χ4v) is 5.73. The van der Waals surface area contributed by atoms with Crippen LogP contribution >= 0.6 is 11.3 Å². The number of fused-ring (bicyclic) bond motifs is 3. The maximum atomic E-state index is 12.1. The highest BCUT2D eigenvalue weighted by Gasteiger charge is 2.39. The summed E-state index contributed by atoms with van der Waals surface area (Å²) in [6.45, 7) is 5.09. The van der Waals surface area contributed by atoms with E-state index in [-0.39, 0.29) is 0 Å². The molecule has 0 radical (unpaired) electrons. The van der Waals surface area contributed by atoms with Crippen LogP contribution in [0, 0.1) is 11.8 Å². The summed E-state index contributed by atoms with van der Waals surface area (Å²) in [5.41, 5.74) is 0. The summed E-state index contributed by atoms with van der Waals surface area (Å²) in [6, 6.07) is 3.82. The SMILES string of the molecule is CC[C@@H]1CN2CC[C@H]1C[C@@H]2CNS(=O)(=O)c1cccs1. The normalized spacial score (nSPS) is 33.5. The van der Waals surface area contributed by atoms with Gasteiger partial charge in [0.1, 0.15) is 4.21 Å². The molecule has 4 atom stereocenters. The van der Waals surface area contributed by atoms with E-state index >= 15 is 0 Å². The lowest BCUT2D eigenvalue weighted by atomic mass is 9.74. The van der Waals surface area contributed by atoms with Crippen LogP contribution in [-0.2, 0) is 10.0 Å². The summed E-state index contributed by atoms with van der Waals surface area (Å²) in [5.74, 6) is 1.61. The molecule has 1 unspecified atom stereocenters. The Labute approximate surface area is 125 Å². The predicted octanol–water partition coefficient (Wildman–Crippen LogP) is 2.15. The van der Waals surface area contributed by atoms with Crippen molar-refractivity contribution in [3.05, 3.63) is 17.5 Å². The van der Waals surface area contributed by atoms with Gasteiger partial charge in [-0.25, -0.2) is 13.1 Å². The summed E-state index contributed by atoms with van der Waals surface area (Å²) < 4.78 is 27.5. The van der Waals surface area contributed by atoms with E-state index < -0.39 is 10.0 Å². The average molecular weight is 314 g/mol. The largest absolute Gasteiger partial charge is 0.299 e. The Morgan fingerprint density at radius 3 is 2.95 bits per heavy atom. The van der Waals surface area contributed by atoms with Crippen molar-refractivity contribution in [1.82, 2.24) is 9.62 Å². The minimum Gasteiger partial charge on any atom is -0.299 e. The van der Waals surface area contributed by atoms with Crippen LogP contribution < -0.4 is 4.72 Å². The van der Waals surface area contributed by atoms with Gasteiger partial charge in [-0.1, -0.05) is 19.4 Å². The minimum atomic E-state index is -3.31. The molecule has 3 fully saturated rings. The van der Waals surface area contributed by atoms with Crippen molar-refractivity contribution in [2.45, 2.75) is 36.4 Å². The zero-order valence-electron chi connectivity index (χ0n) is 11.8. The summed E-state index contributed by atoms with van der Waals surface area (Å²) in [7, 11) is -3.31. The second kappa shape index (κ2) is 5.75. The summed E-state index contributed by atoms with van der Waals surface area (Å²) in [4.78, 5) is 2.48. The molecule has 0 aromatic carbocycles. The van der Waals surface area contributed by atoms with Crippen molar-refractivity contribution in [2.75, 3.05) is 19.6 Å². The van der Waals surface area contributed by atoms with Gasteiger partial charge in [-0.3, -0.25) is 4.90 Å². The number of sulfonamides is 1. The fourth-order valence-electron chi connectivity index (χ4n) is 3.62. The van der Waals surface area contributed by atoms with Crippen LogP contribution in [0.4, 0.5) is 0 Å². The van der Waals surface area contributed by atoms with E-state index in [9.17, 15) is 8.42 Å². The van der Waals surface area contributed by atoms with Gasteiger partial charge in [0.25, 0.3) is 0 Å². The van der Waals surface area contributed by atoms with Crippen LogP contribution in [0.1, 0.15) is 26.2 Å². The summed E-state index contributed by atoms with van der Waals surface area (Å²) in [5, 5.41) is 1.80. The molecule has 4 nitrogen and oxygen atoms in total. The molecule has 6 heteroatoms. The number of nitrogens with one attached hydrogen (secondary N) is 1. The second-order valence-corrected chi connectivity index (χ2v) is 8.83. The highest BCUT2D eigenvalue weighted by molar-refractivity contribution is 7.91. The highest BCUT2D eigenvalue weighted by Crippen LogP contribution is 2.37.